The summed E-state index contributed by atoms with van der Waals surface area (Å²) in [5, 5.41) is 11.6. The maximum Gasteiger partial charge on any atom is 0.189 e. The molecule has 0 radical (unpaired) electrons. The van der Waals surface area contributed by atoms with Gasteiger partial charge in [-0.25, -0.2) is 4.98 Å². The Bertz CT molecular complexity index is 2410. The van der Waals surface area contributed by atoms with Crippen molar-refractivity contribution in [1.29, 1.82) is 0 Å². The molecule has 49 heavy (non-hydrogen) atoms. The standard InChI is InChI=1S/C42H29N7/c1-3-11-30(12-4-1)41-45-46-42(38-29-43-27-28-44-38)49(41)35-25-21-33(22-26-35)47(31-13-5-2-6-14-31)32-19-23-34(24-20-32)48-39-17-9-7-15-36(39)37-16-8-10-18-40(37)48/h1-29H. The van der Waals surface area contributed by atoms with Gasteiger partial charge in [0.25, 0.3) is 0 Å². The Hall–Kier alpha value is -6.86. The molecule has 232 valence electrons. The van der Waals surface area contributed by atoms with Crippen molar-refractivity contribution in [2.75, 3.05) is 4.90 Å². The topological polar surface area (TPSA) is 64.7 Å². The molecule has 9 rings (SSSR count). The van der Waals surface area contributed by atoms with Gasteiger partial charge in [0.2, 0.25) is 0 Å². The predicted octanol–water partition coefficient (Wildman–Crippen LogP) is 9.96. The number of nitrogens with zero attached hydrogens (tertiary/aromatic N) is 7. The van der Waals surface area contributed by atoms with Crippen LogP contribution < -0.4 is 4.90 Å². The molecule has 0 unspecified atom stereocenters. The summed E-state index contributed by atoms with van der Waals surface area (Å²) in [6, 6.07) is 55.0. The Morgan fingerprint density at radius 1 is 0.429 bits per heavy atom. The SMILES string of the molecule is c1ccc(-c2nnc(-c3cnccn3)n2-c2ccc(N(c3ccccc3)c3ccc(-n4c5ccccc5c5ccccc54)cc3)cc2)cc1. The van der Waals surface area contributed by atoms with Gasteiger partial charge in [-0.1, -0.05) is 84.9 Å². The van der Waals surface area contributed by atoms with Crippen molar-refractivity contribution >= 4 is 38.9 Å². The first kappa shape index (κ1) is 28.4. The van der Waals surface area contributed by atoms with E-state index in [4.69, 9.17) is 0 Å². The van der Waals surface area contributed by atoms with E-state index >= 15 is 0 Å². The van der Waals surface area contributed by atoms with Crippen molar-refractivity contribution in [2.24, 2.45) is 0 Å². The number of fused-ring (bicyclic) bond motifs is 3. The average Bonchev–Trinajstić information content (AvgIpc) is 3.77. The predicted molar refractivity (Wildman–Crippen MR) is 197 cm³/mol. The van der Waals surface area contributed by atoms with E-state index in [0.717, 1.165) is 39.8 Å². The molecule has 0 bridgehead atoms. The quantitative estimate of drug-likeness (QED) is 0.175. The normalized spacial score (nSPS) is 11.3. The first-order chi connectivity index (χ1) is 24.3. The maximum absolute atomic E-state index is 4.59. The minimum absolute atomic E-state index is 0.625. The van der Waals surface area contributed by atoms with Gasteiger partial charge in [0, 0.05) is 57.2 Å². The van der Waals surface area contributed by atoms with Crippen LogP contribution in [-0.4, -0.2) is 29.3 Å². The Kier molecular flexibility index (Phi) is 6.98. The molecule has 0 aliphatic heterocycles. The lowest BCUT2D eigenvalue weighted by Crippen LogP contribution is -2.10. The van der Waals surface area contributed by atoms with Gasteiger partial charge in [-0.15, -0.1) is 10.2 Å². The molecule has 0 saturated heterocycles. The fourth-order valence-electron chi connectivity index (χ4n) is 6.61. The van der Waals surface area contributed by atoms with Gasteiger partial charge in [0.05, 0.1) is 17.2 Å². The molecule has 0 N–H and O–H groups in total. The molecule has 7 nitrogen and oxygen atoms in total. The minimum Gasteiger partial charge on any atom is -0.311 e. The largest absolute Gasteiger partial charge is 0.311 e. The average molecular weight is 632 g/mol. The molecule has 0 aliphatic rings. The minimum atomic E-state index is 0.625. The summed E-state index contributed by atoms with van der Waals surface area (Å²) in [4.78, 5) is 11.1. The Morgan fingerprint density at radius 2 is 0.939 bits per heavy atom. The lowest BCUT2D eigenvalue weighted by molar-refractivity contribution is 1.04. The Labute approximate surface area is 283 Å². The van der Waals surface area contributed by atoms with Crippen molar-refractivity contribution in [3.8, 4) is 34.3 Å². The molecule has 6 aromatic carbocycles. The number of hydrogen-bond donors (Lipinski definition) is 0. The fourth-order valence-corrected chi connectivity index (χ4v) is 6.61. The van der Waals surface area contributed by atoms with Crippen LogP contribution in [0.15, 0.2) is 176 Å². The molecular formula is C42H29N7. The molecule has 0 saturated carbocycles. The van der Waals surface area contributed by atoms with E-state index in [1.807, 2.05) is 41.0 Å². The van der Waals surface area contributed by atoms with Crippen LogP contribution in [0.1, 0.15) is 0 Å². The summed E-state index contributed by atoms with van der Waals surface area (Å²) in [5.41, 5.74) is 9.17. The molecule has 0 spiro atoms. The van der Waals surface area contributed by atoms with Crippen LogP contribution >= 0.6 is 0 Å². The summed E-state index contributed by atoms with van der Waals surface area (Å²) in [6.07, 6.45) is 5.04. The van der Waals surface area contributed by atoms with E-state index in [9.17, 15) is 0 Å². The van der Waals surface area contributed by atoms with Gasteiger partial charge in [0.15, 0.2) is 11.6 Å². The van der Waals surface area contributed by atoms with Crippen molar-refractivity contribution in [3.63, 3.8) is 0 Å². The second-order valence-electron chi connectivity index (χ2n) is 11.7. The zero-order chi connectivity index (χ0) is 32.6. The molecule has 7 heteroatoms. The molecule has 0 aliphatic carbocycles. The highest BCUT2D eigenvalue weighted by atomic mass is 15.3. The molecule has 9 aromatic rings. The molecule has 0 amide bonds. The van der Waals surface area contributed by atoms with Crippen LogP contribution in [0.2, 0.25) is 0 Å². The molecule has 0 atom stereocenters. The first-order valence-electron chi connectivity index (χ1n) is 16.1. The van der Waals surface area contributed by atoms with Crippen molar-refractivity contribution in [1.82, 2.24) is 29.3 Å². The van der Waals surface area contributed by atoms with Gasteiger partial charge >= 0.3 is 0 Å². The summed E-state index contributed by atoms with van der Waals surface area (Å²) >= 11 is 0. The number of rotatable bonds is 7. The number of hydrogen-bond acceptors (Lipinski definition) is 5. The van der Waals surface area contributed by atoms with Crippen molar-refractivity contribution in [3.05, 3.63) is 176 Å². The van der Waals surface area contributed by atoms with E-state index in [-0.39, 0.29) is 0 Å². The smallest absolute Gasteiger partial charge is 0.189 e. The van der Waals surface area contributed by atoms with Crippen LogP contribution in [0.3, 0.4) is 0 Å². The van der Waals surface area contributed by atoms with Gasteiger partial charge in [-0.05, 0) is 72.8 Å². The van der Waals surface area contributed by atoms with E-state index < -0.39 is 0 Å². The van der Waals surface area contributed by atoms with Crippen LogP contribution in [0, 0.1) is 0 Å². The molecule has 0 fully saturated rings. The maximum atomic E-state index is 4.59. The molecule has 3 aromatic heterocycles. The zero-order valence-electron chi connectivity index (χ0n) is 26.4. The van der Waals surface area contributed by atoms with Gasteiger partial charge in [-0.2, -0.15) is 0 Å². The zero-order valence-corrected chi connectivity index (χ0v) is 26.4. The highest BCUT2D eigenvalue weighted by Crippen LogP contribution is 2.38. The lowest BCUT2D eigenvalue weighted by atomic mass is 10.1. The Morgan fingerprint density at radius 3 is 1.53 bits per heavy atom. The number of benzene rings is 6. The third-order valence-corrected chi connectivity index (χ3v) is 8.81. The number of para-hydroxylation sites is 3. The van der Waals surface area contributed by atoms with Crippen LogP contribution in [0.5, 0.6) is 0 Å². The highest BCUT2D eigenvalue weighted by molar-refractivity contribution is 6.09. The second-order valence-corrected chi connectivity index (χ2v) is 11.7. The van der Waals surface area contributed by atoms with Crippen molar-refractivity contribution in [2.45, 2.75) is 0 Å². The van der Waals surface area contributed by atoms with Gasteiger partial charge in [0.1, 0.15) is 5.69 Å². The van der Waals surface area contributed by atoms with Crippen molar-refractivity contribution < 1.29 is 0 Å². The summed E-state index contributed by atoms with van der Waals surface area (Å²) in [6.45, 7) is 0. The third-order valence-electron chi connectivity index (χ3n) is 8.81. The summed E-state index contributed by atoms with van der Waals surface area (Å²) < 4.78 is 4.38. The first-order valence-corrected chi connectivity index (χ1v) is 16.1. The second kappa shape index (κ2) is 12.1. The number of aromatic nitrogens is 6. The van der Waals surface area contributed by atoms with E-state index in [1.54, 1.807) is 18.6 Å². The fraction of sp³-hybridized carbons (Fsp3) is 0. The van der Waals surface area contributed by atoms with Crippen LogP contribution in [-0.2, 0) is 0 Å². The summed E-state index contributed by atoms with van der Waals surface area (Å²) in [5.74, 6) is 1.36. The third kappa shape index (κ3) is 5.01. The highest BCUT2D eigenvalue weighted by Gasteiger charge is 2.20. The summed E-state index contributed by atoms with van der Waals surface area (Å²) in [7, 11) is 0. The lowest BCUT2D eigenvalue weighted by Gasteiger charge is -2.26. The van der Waals surface area contributed by atoms with Crippen LogP contribution in [0.4, 0.5) is 17.1 Å². The number of anilines is 3. The van der Waals surface area contributed by atoms with E-state index in [1.165, 1.54) is 21.8 Å². The van der Waals surface area contributed by atoms with Crippen LogP contribution in [0.25, 0.3) is 56.1 Å². The molecule has 3 heterocycles. The van der Waals surface area contributed by atoms with Gasteiger partial charge in [-0.3, -0.25) is 9.55 Å². The van der Waals surface area contributed by atoms with Gasteiger partial charge < -0.3 is 9.47 Å². The van der Waals surface area contributed by atoms with E-state index in [2.05, 4.69) is 151 Å². The molecular weight excluding hydrogens is 603 g/mol. The Balaban J connectivity index is 1.13. The monoisotopic (exact) mass is 631 g/mol. The van der Waals surface area contributed by atoms with E-state index in [0.29, 0.717) is 11.5 Å².